The second-order valence-electron chi connectivity index (χ2n) is 33.5. The van der Waals surface area contributed by atoms with E-state index in [1.807, 2.05) is 18.5 Å². The molecule has 0 fully saturated rings. The molecule has 7 heterocycles. The van der Waals surface area contributed by atoms with Crippen LogP contribution in [-0.4, -0.2) is 33.6 Å². The van der Waals surface area contributed by atoms with Gasteiger partial charge < -0.3 is 28.7 Å². The van der Waals surface area contributed by atoms with Crippen molar-refractivity contribution in [2.75, 3.05) is 0 Å². The van der Waals surface area contributed by atoms with Gasteiger partial charge in [-0.25, -0.2) is 0 Å². The SMILES string of the molecule is CC1(C)c2ccccc2-c2ccc(-n3c4ccccc4c4cc(-c5cc6[nH]c7ccccc7c6c6ccccc56)ccc43)cc21.c1ccc(-n2c3ccccc3c3cc(-c4ccc(-c5cc6[nH]c7ccccc7c6c6ccccc56)cc4)ccc32)cc1.c1cncc(-n2c3ccccc3c3cc(-c4cc5[nH]c6ccccc6c5c5ccccc45)ccc32)c1. The Morgan fingerprint density at radius 2 is 0.545 bits per heavy atom. The molecule has 27 rings (SSSR count). The molecule has 0 amide bonds. The van der Waals surface area contributed by atoms with E-state index < -0.39 is 0 Å². The summed E-state index contributed by atoms with van der Waals surface area (Å²) in [6.07, 6.45) is 3.75. The van der Waals surface area contributed by atoms with Gasteiger partial charge in [-0.2, -0.15) is 0 Å². The quantitative estimate of drug-likeness (QED) is 0.146. The average molecular weight is 1570 g/mol. The van der Waals surface area contributed by atoms with Crippen LogP contribution in [0.2, 0.25) is 0 Å². The molecule has 3 N–H and O–H groups in total. The standard InChI is InChI=1S/C43H30N2.C40H26N2.C33H21N3/c1-43(2)36-16-8-5-12-29(36)30-21-20-27(24-37(30)43)45-40-18-10-7-13-31(40)35-23-26(19-22-41(35)45)34-25-39-42(32-14-4-3-11-28(32)34)33-15-6-9-17-38(33)44-39;1-2-10-29(11-3-1)42-38-17-9-7-13-31(38)35-24-28(22-23-39(35)42)26-18-20-27(21-19-26)34-25-37-40(32-14-5-4-12-30(32)34)33-15-6-8-16-36(33)41-37;1-2-11-25-23(9-1)27(19-30-33(25)26-12-3-5-13-29(26)35-30)21-15-16-32-28(18-21)24-10-4-6-14-31(24)36(32)22-8-7-17-34-20-22/h3-25,44H,1-2H3;1-25,41H;1-20,35H. The topological polar surface area (TPSA) is 75.0 Å². The van der Waals surface area contributed by atoms with Gasteiger partial charge in [0.15, 0.2) is 0 Å². The minimum atomic E-state index is -0.0455. The number of H-pyrrole nitrogens is 3. The van der Waals surface area contributed by atoms with E-state index >= 15 is 0 Å². The van der Waals surface area contributed by atoms with Crippen LogP contribution in [0.1, 0.15) is 25.0 Å². The van der Waals surface area contributed by atoms with E-state index in [-0.39, 0.29) is 5.41 Å². The fourth-order valence-electron chi connectivity index (χ4n) is 20.9. The van der Waals surface area contributed by atoms with Crippen molar-refractivity contribution in [3.63, 3.8) is 0 Å². The summed E-state index contributed by atoms with van der Waals surface area (Å²) in [7, 11) is 0. The fraction of sp³-hybridized carbons (Fsp3) is 0.0259. The molecule has 26 aromatic rings. The van der Waals surface area contributed by atoms with Gasteiger partial charge in [-0.1, -0.05) is 287 Å². The lowest BCUT2D eigenvalue weighted by molar-refractivity contribution is 0.660. The smallest absolute Gasteiger partial charge is 0.0645 e. The number of hydrogen-bond acceptors (Lipinski definition) is 1. The van der Waals surface area contributed by atoms with Crippen molar-refractivity contribution in [3.05, 3.63) is 424 Å². The van der Waals surface area contributed by atoms with Crippen LogP contribution in [0, 0.1) is 0 Å². The van der Waals surface area contributed by atoms with Gasteiger partial charge in [0.25, 0.3) is 0 Å². The summed E-state index contributed by atoms with van der Waals surface area (Å²) in [5.74, 6) is 0. The van der Waals surface area contributed by atoms with Crippen molar-refractivity contribution in [2.45, 2.75) is 19.3 Å². The van der Waals surface area contributed by atoms with Crippen molar-refractivity contribution in [1.82, 2.24) is 33.6 Å². The maximum Gasteiger partial charge on any atom is 0.0645 e. The van der Waals surface area contributed by atoms with E-state index in [9.17, 15) is 0 Å². The summed E-state index contributed by atoms with van der Waals surface area (Å²) in [5, 5.41) is 22.9. The van der Waals surface area contributed by atoms with Gasteiger partial charge in [-0.05, 0) is 226 Å². The Bertz CT molecular complexity index is 8850. The zero-order chi connectivity index (χ0) is 81.1. The maximum absolute atomic E-state index is 4.38. The van der Waals surface area contributed by atoms with E-state index in [2.05, 4.69) is 442 Å². The first-order valence-electron chi connectivity index (χ1n) is 42.5. The van der Waals surface area contributed by atoms with Crippen molar-refractivity contribution in [3.8, 4) is 72.7 Å². The van der Waals surface area contributed by atoms with Crippen LogP contribution < -0.4 is 0 Å². The average Bonchev–Trinajstić information content (AvgIpc) is 1.58. The monoisotopic (exact) mass is 1570 g/mol. The summed E-state index contributed by atoms with van der Waals surface area (Å²) in [6.45, 7) is 4.71. The van der Waals surface area contributed by atoms with Gasteiger partial charge in [0.05, 0.1) is 45.0 Å². The molecule has 0 saturated carbocycles. The molecule has 0 unspecified atom stereocenters. The van der Waals surface area contributed by atoms with Crippen LogP contribution in [0.5, 0.6) is 0 Å². The Morgan fingerprint density at radius 3 is 1.02 bits per heavy atom. The zero-order valence-electron chi connectivity index (χ0n) is 67.5. The number of hydrogen-bond donors (Lipinski definition) is 3. The van der Waals surface area contributed by atoms with Crippen LogP contribution in [0.15, 0.2) is 413 Å². The molecule has 0 atom stereocenters. The van der Waals surface area contributed by atoms with Gasteiger partial charge in [-0.15, -0.1) is 0 Å². The second kappa shape index (κ2) is 27.5. The molecule has 7 aromatic heterocycles. The molecule has 1 aliphatic carbocycles. The van der Waals surface area contributed by atoms with Gasteiger partial charge in [0.1, 0.15) is 0 Å². The molecule has 0 bridgehead atoms. The number of aromatic nitrogens is 7. The molecular weight excluding hydrogens is 1490 g/mol. The number of rotatable bonds is 7. The van der Waals surface area contributed by atoms with E-state index in [4.69, 9.17) is 0 Å². The highest BCUT2D eigenvalue weighted by molar-refractivity contribution is 6.27. The number of aromatic amines is 3. The summed E-state index contributed by atoms with van der Waals surface area (Å²) in [5.41, 5.74) is 33.1. The fourth-order valence-corrected chi connectivity index (χ4v) is 20.9. The van der Waals surface area contributed by atoms with Crippen LogP contribution >= 0.6 is 0 Å². The molecular formula is C116H77N7. The molecule has 19 aromatic carbocycles. The van der Waals surface area contributed by atoms with Crippen LogP contribution in [0.4, 0.5) is 0 Å². The highest BCUT2D eigenvalue weighted by Gasteiger charge is 2.36. The third kappa shape index (κ3) is 10.9. The largest absolute Gasteiger partial charge is 0.354 e. The molecule has 1 aliphatic rings. The molecule has 7 nitrogen and oxygen atoms in total. The Balaban J connectivity index is 0.000000102. The van der Waals surface area contributed by atoms with E-state index in [0.717, 1.165) is 5.69 Å². The summed E-state index contributed by atoms with van der Waals surface area (Å²) in [4.78, 5) is 15.4. The third-order valence-electron chi connectivity index (χ3n) is 26.4. The van der Waals surface area contributed by atoms with Crippen molar-refractivity contribution in [1.29, 1.82) is 0 Å². The van der Waals surface area contributed by atoms with E-state index in [1.165, 1.54) is 241 Å². The maximum atomic E-state index is 4.38. The predicted molar refractivity (Wildman–Crippen MR) is 520 cm³/mol. The van der Waals surface area contributed by atoms with Gasteiger partial charge in [-0.3, -0.25) is 4.98 Å². The molecule has 0 radical (unpaired) electrons. The lowest BCUT2D eigenvalue weighted by atomic mass is 9.82. The Hall–Kier alpha value is -16.1. The molecule has 0 saturated heterocycles. The molecule has 0 aliphatic heterocycles. The summed E-state index contributed by atoms with van der Waals surface area (Å²) < 4.78 is 7.12. The first-order chi connectivity index (χ1) is 60.8. The van der Waals surface area contributed by atoms with Crippen LogP contribution in [-0.2, 0) is 5.41 Å². The number of nitrogens with one attached hydrogen (secondary N) is 3. The Morgan fingerprint density at radius 1 is 0.203 bits per heavy atom. The lowest BCUT2D eigenvalue weighted by Gasteiger charge is -2.22. The van der Waals surface area contributed by atoms with Gasteiger partial charge in [0.2, 0.25) is 0 Å². The first-order valence-corrected chi connectivity index (χ1v) is 42.5. The zero-order valence-corrected chi connectivity index (χ0v) is 67.5. The number of para-hydroxylation sites is 7. The summed E-state index contributed by atoms with van der Waals surface area (Å²) >= 11 is 0. The van der Waals surface area contributed by atoms with Crippen LogP contribution in [0.3, 0.4) is 0 Å². The van der Waals surface area contributed by atoms with Crippen molar-refractivity contribution < 1.29 is 0 Å². The Labute approximate surface area is 707 Å². The van der Waals surface area contributed by atoms with E-state index in [1.54, 1.807) is 0 Å². The number of fused-ring (bicyclic) bond motifs is 27. The third-order valence-corrected chi connectivity index (χ3v) is 26.4. The predicted octanol–water partition coefficient (Wildman–Crippen LogP) is 31.1. The van der Waals surface area contributed by atoms with Crippen LogP contribution in [0.25, 0.3) is 236 Å². The molecule has 123 heavy (non-hydrogen) atoms. The van der Waals surface area contributed by atoms with Gasteiger partial charge >= 0.3 is 0 Å². The highest BCUT2D eigenvalue weighted by Crippen LogP contribution is 2.51. The normalized spacial score (nSPS) is 12.5. The molecule has 576 valence electrons. The van der Waals surface area contributed by atoms with Crippen molar-refractivity contribution >= 4 is 163 Å². The minimum Gasteiger partial charge on any atom is -0.354 e. The minimum absolute atomic E-state index is 0.0455. The van der Waals surface area contributed by atoms with Crippen molar-refractivity contribution in [2.24, 2.45) is 0 Å². The molecule has 7 heteroatoms. The van der Waals surface area contributed by atoms with Gasteiger partial charge in [0, 0.05) is 121 Å². The second-order valence-corrected chi connectivity index (χ2v) is 33.5. The lowest BCUT2D eigenvalue weighted by Crippen LogP contribution is -2.15. The Kier molecular flexibility index (Phi) is 15.6. The number of benzene rings is 19. The highest BCUT2D eigenvalue weighted by atomic mass is 15.0. The molecule has 0 spiro atoms. The van der Waals surface area contributed by atoms with E-state index in [0.29, 0.717) is 0 Å². The summed E-state index contributed by atoms with van der Waals surface area (Å²) in [6, 6.07) is 146. The number of nitrogens with zero attached hydrogens (tertiary/aromatic N) is 4. The number of pyridine rings is 1. The first kappa shape index (κ1) is 70.0.